The van der Waals surface area contributed by atoms with Crippen molar-refractivity contribution in [2.24, 2.45) is 5.92 Å². The first-order chi connectivity index (χ1) is 19.6. The average molecular weight is 572 g/mol. The van der Waals surface area contributed by atoms with Crippen molar-refractivity contribution < 1.29 is 32.2 Å². The lowest BCUT2D eigenvalue weighted by Gasteiger charge is -2.32. The van der Waals surface area contributed by atoms with Gasteiger partial charge in [0.15, 0.2) is 0 Å². The van der Waals surface area contributed by atoms with E-state index in [-0.39, 0.29) is 54.1 Å². The van der Waals surface area contributed by atoms with Crippen molar-refractivity contribution in [1.29, 1.82) is 0 Å². The van der Waals surface area contributed by atoms with Gasteiger partial charge in [-0.3, -0.25) is 4.79 Å². The molecule has 41 heavy (non-hydrogen) atoms. The van der Waals surface area contributed by atoms with E-state index in [0.717, 1.165) is 31.2 Å². The molecule has 0 aliphatic heterocycles. The molecule has 1 fully saturated rings. The minimum absolute atomic E-state index is 0.0469. The molecule has 1 aliphatic carbocycles. The SMILES string of the molecule is COc1cc(C(=O)OCc2ccccc2)ccc1Nc1ncc(C(F)(F)F)c(NCC2CCCC[C@H]2NC(C)=O)n1. The van der Waals surface area contributed by atoms with Crippen LogP contribution >= 0.6 is 0 Å². The molecule has 1 heterocycles. The number of nitrogens with one attached hydrogen (secondary N) is 3. The van der Waals surface area contributed by atoms with Crippen LogP contribution in [0.15, 0.2) is 54.7 Å². The topological polar surface area (TPSA) is 114 Å². The van der Waals surface area contributed by atoms with E-state index in [1.54, 1.807) is 0 Å². The van der Waals surface area contributed by atoms with Gasteiger partial charge < -0.3 is 25.4 Å². The maximum atomic E-state index is 13.8. The van der Waals surface area contributed by atoms with Crippen LogP contribution in [0.1, 0.15) is 54.1 Å². The van der Waals surface area contributed by atoms with Crippen LogP contribution in [0.4, 0.5) is 30.6 Å². The van der Waals surface area contributed by atoms with E-state index in [2.05, 4.69) is 25.9 Å². The highest BCUT2D eigenvalue weighted by Gasteiger charge is 2.36. The normalized spacial score (nSPS) is 16.9. The van der Waals surface area contributed by atoms with E-state index in [4.69, 9.17) is 9.47 Å². The first-order valence-electron chi connectivity index (χ1n) is 13.3. The molecule has 9 nitrogen and oxygen atoms in total. The van der Waals surface area contributed by atoms with Crippen LogP contribution in [0.25, 0.3) is 0 Å². The maximum Gasteiger partial charge on any atom is 0.421 e. The Labute approximate surface area is 235 Å². The second-order valence-corrected chi connectivity index (χ2v) is 9.79. The molecule has 1 aliphatic rings. The number of halogens is 3. The zero-order valence-electron chi connectivity index (χ0n) is 22.8. The molecule has 218 valence electrons. The van der Waals surface area contributed by atoms with Crippen molar-refractivity contribution in [3.8, 4) is 5.75 Å². The highest BCUT2D eigenvalue weighted by Crippen LogP contribution is 2.35. The summed E-state index contributed by atoms with van der Waals surface area (Å²) < 4.78 is 52.1. The standard InChI is InChI=1S/C29H32F3N5O4/c1-18(38)35-23-11-7-6-10-21(23)15-33-26-22(29(30,31)32)16-34-28(37-26)36-24-13-12-20(14-25(24)40-2)27(39)41-17-19-8-4-3-5-9-19/h3-5,8-9,12-14,16,21,23H,6-7,10-11,15,17H2,1-2H3,(H,35,38)(H2,33,34,36,37)/t21?,23-/m1/s1. The smallest absolute Gasteiger partial charge is 0.421 e. The lowest BCUT2D eigenvalue weighted by molar-refractivity contribution is -0.137. The van der Waals surface area contributed by atoms with Crippen molar-refractivity contribution in [2.75, 3.05) is 24.3 Å². The van der Waals surface area contributed by atoms with E-state index in [1.807, 2.05) is 30.3 Å². The lowest BCUT2D eigenvalue weighted by atomic mass is 9.84. The Bertz CT molecular complexity index is 1350. The highest BCUT2D eigenvalue weighted by atomic mass is 19.4. The van der Waals surface area contributed by atoms with Crippen LogP contribution < -0.4 is 20.7 Å². The number of anilines is 3. The second-order valence-electron chi connectivity index (χ2n) is 9.79. The molecule has 1 aromatic heterocycles. The number of hydrogen-bond acceptors (Lipinski definition) is 8. The molecular weight excluding hydrogens is 539 g/mol. The summed E-state index contributed by atoms with van der Waals surface area (Å²) in [6, 6.07) is 13.6. The van der Waals surface area contributed by atoms with Gasteiger partial charge in [0.25, 0.3) is 0 Å². The van der Waals surface area contributed by atoms with E-state index in [1.165, 1.54) is 32.2 Å². The number of ether oxygens (including phenoxy) is 2. The van der Waals surface area contributed by atoms with Gasteiger partial charge >= 0.3 is 12.1 Å². The molecule has 0 saturated heterocycles. The predicted molar refractivity (Wildman–Crippen MR) is 147 cm³/mol. The van der Waals surface area contributed by atoms with E-state index in [0.29, 0.717) is 11.9 Å². The summed E-state index contributed by atoms with van der Waals surface area (Å²) >= 11 is 0. The van der Waals surface area contributed by atoms with Crippen molar-refractivity contribution >= 4 is 29.3 Å². The summed E-state index contributed by atoms with van der Waals surface area (Å²) in [5, 5.41) is 8.63. The fourth-order valence-corrected chi connectivity index (χ4v) is 4.76. The van der Waals surface area contributed by atoms with Gasteiger partial charge in [0.05, 0.1) is 18.4 Å². The number of amides is 1. The van der Waals surface area contributed by atoms with Crippen LogP contribution in [-0.2, 0) is 22.3 Å². The van der Waals surface area contributed by atoms with Crippen LogP contribution in [0, 0.1) is 5.92 Å². The quantitative estimate of drug-likeness (QED) is 0.265. The fraction of sp³-hybridized carbons (Fsp3) is 0.379. The molecule has 4 rings (SSSR count). The number of hydrogen-bond donors (Lipinski definition) is 3. The number of esters is 1. The van der Waals surface area contributed by atoms with Crippen LogP contribution in [0.3, 0.4) is 0 Å². The van der Waals surface area contributed by atoms with Gasteiger partial charge in [-0.05, 0) is 42.5 Å². The summed E-state index contributed by atoms with van der Waals surface area (Å²) in [6.07, 6.45) is -0.546. The predicted octanol–water partition coefficient (Wildman–Crippen LogP) is 5.71. The average Bonchev–Trinajstić information content (AvgIpc) is 2.95. The van der Waals surface area contributed by atoms with Crippen LogP contribution in [0.5, 0.6) is 5.75 Å². The summed E-state index contributed by atoms with van der Waals surface area (Å²) in [7, 11) is 1.40. The molecule has 1 unspecified atom stereocenters. The Morgan fingerprint density at radius 2 is 1.83 bits per heavy atom. The Balaban J connectivity index is 1.49. The third-order valence-electron chi connectivity index (χ3n) is 6.82. The van der Waals surface area contributed by atoms with Crippen molar-refractivity contribution in [3.63, 3.8) is 0 Å². The van der Waals surface area contributed by atoms with Gasteiger partial charge in [-0.25, -0.2) is 9.78 Å². The molecule has 12 heteroatoms. The first kappa shape index (κ1) is 29.6. The van der Waals surface area contributed by atoms with Crippen LogP contribution in [-0.4, -0.2) is 41.5 Å². The second kappa shape index (κ2) is 13.3. The molecule has 3 aromatic rings. The van der Waals surface area contributed by atoms with Crippen LogP contribution in [0.2, 0.25) is 0 Å². The number of alkyl halides is 3. The summed E-state index contributed by atoms with van der Waals surface area (Å²) in [5.74, 6) is -0.999. The number of methoxy groups -OCH3 is 1. The third-order valence-corrected chi connectivity index (χ3v) is 6.82. The number of aromatic nitrogens is 2. The molecular formula is C29H32F3N5O4. The Kier molecular flexibility index (Phi) is 9.64. The number of benzene rings is 2. The largest absolute Gasteiger partial charge is 0.495 e. The number of carbonyl (C=O) groups is 2. The van der Waals surface area contributed by atoms with E-state index in [9.17, 15) is 22.8 Å². The minimum Gasteiger partial charge on any atom is -0.495 e. The first-order valence-corrected chi connectivity index (χ1v) is 13.3. The number of nitrogens with zero attached hydrogens (tertiary/aromatic N) is 2. The molecule has 1 saturated carbocycles. The van der Waals surface area contributed by atoms with Gasteiger partial charge in [0, 0.05) is 25.7 Å². The zero-order chi connectivity index (χ0) is 29.4. The Morgan fingerprint density at radius 3 is 2.54 bits per heavy atom. The van der Waals surface area contributed by atoms with Crippen molar-refractivity contribution in [2.45, 2.75) is 51.4 Å². The van der Waals surface area contributed by atoms with Gasteiger partial charge in [-0.15, -0.1) is 0 Å². The maximum absolute atomic E-state index is 13.8. The molecule has 0 bridgehead atoms. The van der Waals surface area contributed by atoms with Gasteiger partial charge in [0.1, 0.15) is 23.7 Å². The molecule has 2 atom stereocenters. The Hall–Kier alpha value is -4.35. The molecule has 0 radical (unpaired) electrons. The van der Waals surface area contributed by atoms with Gasteiger partial charge in [-0.1, -0.05) is 43.2 Å². The number of rotatable bonds is 10. The van der Waals surface area contributed by atoms with Crippen molar-refractivity contribution in [3.05, 3.63) is 71.4 Å². The molecule has 2 aromatic carbocycles. The van der Waals surface area contributed by atoms with E-state index >= 15 is 0 Å². The lowest BCUT2D eigenvalue weighted by Crippen LogP contribution is -2.43. The fourth-order valence-electron chi connectivity index (χ4n) is 4.76. The number of carbonyl (C=O) groups excluding carboxylic acids is 2. The zero-order valence-corrected chi connectivity index (χ0v) is 22.8. The third kappa shape index (κ3) is 8.09. The van der Waals surface area contributed by atoms with Gasteiger partial charge in [-0.2, -0.15) is 18.2 Å². The Morgan fingerprint density at radius 1 is 1.07 bits per heavy atom. The van der Waals surface area contributed by atoms with E-state index < -0.39 is 17.7 Å². The molecule has 0 spiro atoms. The summed E-state index contributed by atoms with van der Waals surface area (Å²) in [6.45, 7) is 1.73. The van der Waals surface area contributed by atoms with Gasteiger partial charge in [0.2, 0.25) is 11.9 Å². The monoisotopic (exact) mass is 571 g/mol. The minimum atomic E-state index is -4.68. The highest BCUT2D eigenvalue weighted by molar-refractivity contribution is 5.91. The summed E-state index contributed by atoms with van der Waals surface area (Å²) in [4.78, 5) is 32.1. The molecule has 3 N–H and O–H groups in total. The van der Waals surface area contributed by atoms with Crippen molar-refractivity contribution in [1.82, 2.24) is 15.3 Å². The molecule has 1 amide bonds. The summed E-state index contributed by atoms with van der Waals surface area (Å²) in [5.41, 5.74) is 0.415.